The molecule has 0 aliphatic heterocycles. The van der Waals surface area contributed by atoms with E-state index in [0.717, 1.165) is 4.31 Å². The van der Waals surface area contributed by atoms with E-state index in [1.165, 1.54) is 25.5 Å². The number of rotatable bonds is 4. The molecule has 1 N–H and O–H groups in total. The molecule has 0 unspecified atom stereocenters. The second kappa shape index (κ2) is 5.64. The molecule has 0 saturated carbocycles. The van der Waals surface area contributed by atoms with E-state index in [1.807, 2.05) is 0 Å². The van der Waals surface area contributed by atoms with Gasteiger partial charge in [-0.25, -0.2) is 13.4 Å². The fraction of sp³-hybridized carbons (Fsp3) is 0.167. The molecule has 0 bridgehead atoms. The zero-order valence-electron chi connectivity index (χ0n) is 10.9. The number of anilines is 2. The topological polar surface area (TPSA) is 75.2 Å². The SMILES string of the molecule is CNc1ncc(S(=O)(=O)N(C)c2cccnc2)cc1Cl. The van der Waals surface area contributed by atoms with Gasteiger partial charge in [0.05, 0.1) is 16.9 Å². The van der Waals surface area contributed by atoms with Crippen LogP contribution in [0.15, 0.2) is 41.7 Å². The van der Waals surface area contributed by atoms with E-state index in [1.54, 1.807) is 25.4 Å². The Bertz CT molecular complexity index is 707. The number of hydrogen-bond donors (Lipinski definition) is 1. The predicted octanol–water partition coefficient (Wildman–Crippen LogP) is 2.00. The summed E-state index contributed by atoms with van der Waals surface area (Å²) in [6.45, 7) is 0. The number of sulfonamides is 1. The van der Waals surface area contributed by atoms with Gasteiger partial charge in [0, 0.05) is 26.5 Å². The number of halogens is 1. The van der Waals surface area contributed by atoms with Gasteiger partial charge < -0.3 is 5.32 Å². The Morgan fingerprint density at radius 3 is 2.65 bits per heavy atom. The van der Waals surface area contributed by atoms with Crippen molar-refractivity contribution in [3.63, 3.8) is 0 Å². The van der Waals surface area contributed by atoms with Crippen molar-refractivity contribution < 1.29 is 8.42 Å². The molecule has 20 heavy (non-hydrogen) atoms. The van der Waals surface area contributed by atoms with Crippen molar-refractivity contribution in [1.82, 2.24) is 9.97 Å². The summed E-state index contributed by atoms with van der Waals surface area (Å²) in [5.41, 5.74) is 0.460. The molecule has 0 atom stereocenters. The van der Waals surface area contributed by atoms with Gasteiger partial charge in [-0.2, -0.15) is 0 Å². The summed E-state index contributed by atoms with van der Waals surface area (Å²) in [6.07, 6.45) is 4.30. The fourth-order valence-corrected chi connectivity index (χ4v) is 3.06. The Balaban J connectivity index is 2.43. The molecule has 2 rings (SSSR count). The van der Waals surface area contributed by atoms with Gasteiger partial charge in [0.1, 0.15) is 10.7 Å². The van der Waals surface area contributed by atoms with Gasteiger partial charge in [0.25, 0.3) is 10.0 Å². The van der Waals surface area contributed by atoms with Crippen molar-refractivity contribution in [3.05, 3.63) is 41.8 Å². The van der Waals surface area contributed by atoms with Gasteiger partial charge >= 0.3 is 0 Å². The lowest BCUT2D eigenvalue weighted by molar-refractivity contribution is 0.594. The highest BCUT2D eigenvalue weighted by molar-refractivity contribution is 7.92. The Morgan fingerprint density at radius 1 is 1.35 bits per heavy atom. The van der Waals surface area contributed by atoms with Gasteiger partial charge in [-0.05, 0) is 18.2 Å². The molecule has 6 nitrogen and oxygen atoms in total. The predicted molar refractivity (Wildman–Crippen MR) is 78.6 cm³/mol. The maximum atomic E-state index is 12.5. The Kier molecular flexibility index (Phi) is 4.10. The molecular weight excluding hydrogens is 300 g/mol. The largest absolute Gasteiger partial charge is 0.372 e. The molecular formula is C12H13ClN4O2S. The fourth-order valence-electron chi connectivity index (χ4n) is 1.58. The van der Waals surface area contributed by atoms with Crippen molar-refractivity contribution in [3.8, 4) is 0 Å². The van der Waals surface area contributed by atoms with Crippen LogP contribution in [0.1, 0.15) is 0 Å². The standard InChI is InChI=1S/C12H13ClN4O2S/c1-14-12-11(13)6-10(8-16-12)20(18,19)17(2)9-4-3-5-15-7-9/h3-8H,1-2H3,(H,14,16). The molecule has 0 spiro atoms. The summed E-state index contributed by atoms with van der Waals surface area (Å²) in [6, 6.07) is 4.68. The average molecular weight is 313 g/mol. The first-order valence-corrected chi connectivity index (χ1v) is 7.51. The van der Waals surface area contributed by atoms with Crippen LogP contribution in [0.5, 0.6) is 0 Å². The maximum Gasteiger partial charge on any atom is 0.265 e. The highest BCUT2D eigenvalue weighted by Gasteiger charge is 2.22. The van der Waals surface area contributed by atoms with Crippen LogP contribution in [0.25, 0.3) is 0 Å². The highest BCUT2D eigenvalue weighted by atomic mass is 35.5. The quantitative estimate of drug-likeness (QED) is 0.934. The summed E-state index contributed by atoms with van der Waals surface area (Å²) in [5.74, 6) is 0.426. The van der Waals surface area contributed by atoms with Crippen LogP contribution in [0.2, 0.25) is 5.02 Å². The van der Waals surface area contributed by atoms with E-state index in [9.17, 15) is 8.42 Å². The third-order valence-corrected chi connectivity index (χ3v) is 4.76. The first kappa shape index (κ1) is 14.5. The summed E-state index contributed by atoms with van der Waals surface area (Å²) in [4.78, 5) is 7.90. The van der Waals surface area contributed by atoms with Crippen LogP contribution < -0.4 is 9.62 Å². The normalized spacial score (nSPS) is 11.2. The first-order valence-electron chi connectivity index (χ1n) is 5.69. The first-order chi connectivity index (χ1) is 9.46. The van der Waals surface area contributed by atoms with E-state index in [-0.39, 0.29) is 9.92 Å². The number of pyridine rings is 2. The average Bonchev–Trinajstić information content (AvgIpc) is 2.47. The number of hydrogen-bond acceptors (Lipinski definition) is 5. The molecule has 2 aromatic rings. The van der Waals surface area contributed by atoms with Gasteiger partial charge in [-0.3, -0.25) is 9.29 Å². The van der Waals surface area contributed by atoms with Crippen LogP contribution in [-0.2, 0) is 10.0 Å². The second-order valence-corrected chi connectivity index (χ2v) is 6.31. The summed E-state index contributed by atoms with van der Waals surface area (Å²) in [7, 11) is -0.613. The molecule has 0 aliphatic carbocycles. The smallest absolute Gasteiger partial charge is 0.265 e. The van der Waals surface area contributed by atoms with Gasteiger partial charge in [0.15, 0.2) is 0 Å². The van der Waals surface area contributed by atoms with Crippen molar-refractivity contribution in [2.45, 2.75) is 4.90 Å². The lowest BCUT2D eigenvalue weighted by Gasteiger charge is -2.19. The summed E-state index contributed by atoms with van der Waals surface area (Å²) < 4.78 is 26.1. The number of nitrogens with one attached hydrogen (secondary N) is 1. The monoisotopic (exact) mass is 312 g/mol. The van der Waals surface area contributed by atoms with E-state index in [4.69, 9.17) is 11.6 Å². The summed E-state index contributed by atoms with van der Waals surface area (Å²) >= 11 is 5.97. The maximum absolute atomic E-state index is 12.5. The van der Waals surface area contributed by atoms with Crippen LogP contribution in [0, 0.1) is 0 Å². The second-order valence-electron chi connectivity index (χ2n) is 3.94. The van der Waals surface area contributed by atoms with E-state index >= 15 is 0 Å². The van der Waals surface area contributed by atoms with Crippen LogP contribution in [0.3, 0.4) is 0 Å². The molecule has 106 valence electrons. The Hall–Kier alpha value is -1.86. The molecule has 0 aromatic carbocycles. The van der Waals surface area contributed by atoms with Crippen molar-refractivity contribution >= 4 is 33.1 Å². The van der Waals surface area contributed by atoms with E-state index in [0.29, 0.717) is 11.5 Å². The van der Waals surface area contributed by atoms with Crippen molar-refractivity contribution in [2.24, 2.45) is 0 Å². The van der Waals surface area contributed by atoms with Crippen LogP contribution >= 0.6 is 11.6 Å². The minimum atomic E-state index is -3.72. The van der Waals surface area contributed by atoms with E-state index in [2.05, 4.69) is 15.3 Å². The Morgan fingerprint density at radius 2 is 2.10 bits per heavy atom. The third-order valence-electron chi connectivity index (χ3n) is 2.72. The molecule has 0 aliphatic rings. The van der Waals surface area contributed by atoms with E-state index < -0.39 is 10.0 Å². The van der Waals surface area contributed by atoms with Crippen molar-refractivity contribution in [2.75, 3.05) is 23.7 Å². The lowest BCUT2D eigenvalue weighted by atomic mass is 10.4. The highest BCUT2D eigenvalue weighted by Crippen LogP contribution is 2.25. The summed E-state index contributed by atoms with van der Waals surface area (Å²) in [5, 5.41) is 3.02. The van der Waals surface area contributed by atoms with Crippen LogP contribution in [-0.4, -0.2) is 32.5 Å². The minimum Gasteiger partial charge on any atom is -0.372 e. The zero-order chi connectivity index (χ0) is 14.8. The molecule has 0 fully saturated rings. The molecule has 2 aromatic heterocycles. The molecule has 8 heteroatoms. The minimum absolute atomic E-state index is 0.0212. The lowest BCUT2D eigenvalue weighted by Crippen LogP contribution is -2.26. The van der Waals surface area contributed by atoms with Gasteiger partial charge in [-0.15, -0.1) is 0 Å². The zero-order valence-corrected chi connectivity index (χ0v) is 12.5. The Labute approximate surface area is 122 Å². The molecule has 0 amide bonds. The third kappa shape index (κ3) is 2.68. The van der Waals surface area contributed by atoms with Crippen LogP contribution in [0.4, 0.5) is 11.5 Å². The number of aromatic nitrogens is 2. The van der Waals surface area contributed by atoms with Gasteiger partial charge in [-0.1, -0.05) is 11.6 Å². The molecule has 2 heterocycles. The number of nitrogens with zero attached hydrogens (tertiary/aromatic N) is 3. The van der Waals surface area contributed by atoms with Crippen molar-refractivity contribution in [1.29, 1.82) is 0 Å². The van der Waals surface area contributed by atoms with Gasteiger partial charge in [0.2, 0.25) is 0 Å². The molecule has 0 radical (unpaired) electrons. The molecule has 0 saturated heterocycles.